The Labute approximate surface area is 130 Å². The van der Waals surface area contributed by atoms with Gasteiger partial charge in [-0.05, 0) is 23.8 Å². The van der Waals surface area contributed by atoms with E-state index in [4.69, 9.17) is 5.11 Å². The van der Waals surface area contributed by atoms with Crippen LogP contribution in [0.2, 0.25) is 0 Å². The van der Waals surface area contributed by atoms with E-state index in [0.29, 0.717) is 6.20 Å². The normalized spacial score (nSPS) is 12.1. The van der Waals surface area contributed by atoms with Crippen LogP contribution in [-0.4, -0.2) is 22.4 Å². The molecule has 1 N–H and O–H groups in total. The van der Waals surface area contributed by atoms with Gasteiger partial charge in [0.2, 0.25) is 0 Å². The summed E-state index contributed by atoms with van der Waals surface area (Å²) in [5, 5.41) is 9.06. The fraction of sp³-hybridized carbons (Fsp3) is 0.143. The highest BCUT2D eigenvalue weighted by Gasteiger charge is 2.37. The Morgan fingerprint density at radius 2 is 1.58 bits per heavy atom. The van der Waals surface area contributed by atoms with Crippen molar-refractivity contribution in [2.45, 2.75) is 12.5 Å². The minimum atomic E-state index is -4.96. The highest BCUT2D eigenvalue weighted by Crippen LogP contribution is 2.38. The van der Waals surface area contributed by atoms with Gasteiger partial charge in [-0.1, -0.05) is 12.1 Å². The number of halogens is 6. The lowest BCUT2D eigenvalue weighted by Crippen LogP contribution is -2.17. The number of nitrogens with zero attached hydrogens (tertiary/aromatic N) is 1. The smallest absolute Gasteiger partial charge is 0.478 e. The molecule has 1 aromatic heterocycles. The first-order valence-corrected chi connectivity index (χ1v) is 6.15. The molecule has 1 aromatic carbocycles. The van der Waals surface area contributed by atoms with E-state index in [2.05, 4.69) is 9.72 Å². The summed E-state index contributed by atoms with van der Waals surface area (Å²) in [6.45, 7) is 0. The molecule has 24 heavy (non-hydrogen) atoms. The monoisotopic (exact) mass is 351 g/mol. The van der Waals surface area contributed by atoms with E-state index in [1.54, 1.807) is 0 Å². The second kappa shape index (κ2) is 6.02. The molecule has 2 aromatic rings. The van der Waals surface area contributed by atoms with Gasteiger partial charge < -0.3 is 9.84 Å². The van der Waals surface area contributed by atoms with Crippen LogP contribution in [0.5, 0.6) is 5.75 Å². The first-order chi connectivity index (χ1) is 11.0. The van der Waals surface area contributed by atoms with Crippen LogP contribution in [0.25, 0.3) is 11.1 Å². The molecule has 0 aliphatic carbocycles. The molecule has 128 valence electrons. The maximum absolute atomic E-state index is 13.1. The van der Waals surface area contributed by atoms with Gasteiger partial charge in [0.25, 0.3) is 0 Å². The van der Waals surface area contributed by atoms with Crippen molar-refractivity contribution in [1.82, 2.24) is 4.98 Å². The van der Waals surface area contributed by atoms with Crippen molar-refractivity contribution in [1.29, 1.82) is 0 Å². The zero-order valence-electron chi connectivity index (χ0n) is 11.4. The van der Waals surface area contributed by atoms with Crippen molar-refractivity contribution in [3.63, 3.8) is 0 Å². The van der Waals surface area contributed by atoms with Crippen LogP contribution in [0, 0.1) is 0 Å². The predicted octanol–water partition coefficient (Wildman–Crippen LogP) is 4.36. The van der Waals surface area contributed by atoms with Gasteiger partial charge in [-0.2, -0.15) is 13.2 Å². The summed E-state index contributed by atoms with van der Waals surface area (Å²) in [7, 11) is 0. The van der Waals surface area contributed by atoms with Crippen LogP contribution in [0.4, 0.5) is 26.3 Å². The molecule has 0 atom stereocenters. The average Bonchev–Trinajstić information content (AvgIpc) is 2.44. The molecule has 0 aliphatic heterocycles. The molecular weight excluding hydrogens is 344 g/mol. The summed E-state index contributed by atoms with van der Waals surface area (Å²) >= 11 is 0. The maximum Gasteiger partial charge on any atom is 0.573 e. The molecule has 0 fully saturated rings. The van der Waals surface area contributed by atoms with E-state index in [0.717, 1.165) is 30.3 Å². The molecule has 0 saturated heterocycles. The van der Waals surface area contributed by atoms with Crippen LogP contribution in [0.3, 0.4) is 0 Å². The molecule has 0 spiro atoms. The third kappa shape index (κ3) is 3.94. The standard InChI is InChI=1S/C14H7F6NO3/c15-13(16,17)11-10(9(12(22)23)5-6-21-11)7-1-3-8(4-2-7)24-14(18,19)20/h1-6H,(H,22,23). The van der Waals surface area contributed by atoms with E-state index in [1.165, 1.54) is 0 Å². The number of carbonyl (C=O) groups is 1. The summed E-state index contributed by atoms with van der Waals surface area (Å²) < 4.78 is 79.1. The molecule has 0 bridgehead atoms. The van der Waals surface area contributed by atoms with Gasteiger partial charge >= 0.3 is 18.5 Å². The van der Waals surface area contributed by atoms with Gasteiger partial charge in [-0.15, -0.1) is 13.2 Å². The summed E-state index contributed by atoms with van der Waals surface area (Å²) in [4.78, 5) is 14.3. The molecule has 2 rings (SSSR count). The predicted molar refractivity (Wildman–Crippen MR) is 68.3 cm³/mol. The Hall–Kier alpha value is -2.78. The average molecular weight is 351 g/mol. The molecule has 10 heteroatoms. The topological polar surface area (TPSA) is 59.4 Å². The Kier molecular flexibility index (Phi) is 4.41. The largest absolute Gasteiger partial charge is 0.573 e. The number of hydrogen-bond donors (Lipinski definition) is 1. The number of rotatable bonds is 3. The van der Waals surface area contributed by atoms with E-state index >= 15 is 0 Å². The summed E-state index contributed by atoms with van der Waals surface area (Å²) in [6.07, 6.45) is -9.21. The zero-order chi connectivity index (χ0) is 18.1. The van der Waals surface area contributed by atoms with Gasteiger partial charge in [0.1, 0.15) is 5.75 Å². The number of hydrogen-bond acceptors (Lipinski definition) is 3. The van der Waals surface area contributed by atoms with Crippen LogP contribution in [-0.2, 0) is 6.18 Å². The van der Waals surface area contributed by atoms with E-state index in [9.17, 15) is 31.1 Å². The Bertz CT molecular complexity index is 753. The number of aromatic carboxylic acids is 1. The van der Waals surface area contributed by atoms with Gasteiger partial charge in [0, 0.05) is 11.8 Å². The number of alkyl halides is 6. The van der Waals surface area contributed by atoms with Crippen molar-refractivity contribution in [2.24, 2.45) is 0 Å². The number of ether oxygens (including phenoxy) is 1. The number of aromatic nitrogens is 1. The lowest BCUT2D eigenvalue weighted by atomic mass is 9.98. The fourth-order valence-corrected chi connectivity index (χ4v) is 1.97. The summed E-state index contributed by atoms with van der Waals surface area (Å²) in [5.41, 5.74) is -3.13. The second-order valence-corrected chi connectivity index (χ2v) is 4.46. The summed E-state index contributed by atoms with van der Waals surface area (Å²) in [6, 6.07) is 4.20. The van der Waals surface area contributed by atoms with Gasteiger partial charge in [0.05, 0.1) is 5.56 Å². The van der Waals surface area contributed by atoms with Crippen molar-refractivity contribution in [3.05, 3.63) is 47.8 Å². The third-order valence-corrected chi connectivity index (χ3v) is 2.83. The zero-order valence-corrected chi connectivity index (χ0v) is 11.4. The van der Waals surface area contributed by atoms with E-state index in [1.807, 2.05) is 0 Å². The summed E-state index contributed by atoms with van der Waals surface area (Å²) in [5.74, 6) is -2.28. The SMILES string of the molecule is O=C(O)c1ccnc(C(F)(F)F)c1-c1ccc(OC(F)(F)F)cc1. The minimum absolute atomic E-state index is 0.262. The van der Waals surface area contributed by atoms with Crippen LogP contribution >= 0.6 is 0 Å². The molecule has 0 amide bonds. The van der Waals surface area contributed by atoms with Crippen LogP contribution in [0.1, 0.15) is 16.1 Å². The highest BCUT2D eigenvalue weighted by molar-refractivity contribution is 5.96. The van der Waals surface area contributed by atoms with Crippen molar-refractivity contribution < 1.29 is 41.0 Å². The molecule has 0 aliphatic rings. The second-order valence-electron chi connectivity index (χ2n) is 4.46. The quantitative estimate of drug-likeness (QED) is 0.835. The Morgan fingerprint density at radius 3 is 2.04 bits per heavy atom. The van der Waals surface area contributed by atoms with E-state index < -0.39 is 41.1 Å². The number of benzene rings is 1. The van der Waals surface area contributed by atoms with E-state index in [-0.39, 0.29) is 5.56 Å². The molecule has 4 nitrogen and oxygen atoms in total. The van der Waals surface area contributed by atoms with Crippen molar-refractivity contribution >= 4 is 5.97 Å². The van der Waals surface area contributed by atoms with Gasteiger partial charge in [0.15, 0.2) is 5.69 Å². The molecule has 0 unspecified atom stereocenters. The fourth-order valence-electron chi connectivity index (χ4n) is 1.97. The third-order valence-electron chi connectivity index (χ3n) is 2.83. The molecule has 0 saturated carbocycles. The van der Waals surface area contributed by atoms with Crippen molar-refractivity contribution in [3.8, 4) is 16.9 Å². The first kappa shape index (κ1) is 17.6. The number of carboxylic acids is 1. The first-order valence-electron chi connectivity index (χ1n) is 6.15. The Morgan fingerprint density at radius 1 is 1.00 bits per heavy atom. The van der Waals surface area contributed by atoms with Crippen LogP contribution in [0.15, 0.2) is 36.5 Å². The van der Waals surface area contributed by atoms with Crippen molar-refractivity contribution in [2.75, 3.05) is 0 Å². The number of pyridine rings is 1. The van der Waals surface area contributed by atoms with Gasteiger partial charge in [-0.25, -0.2) is 4.79 Å². The molecule has 0 radical (unpaired) electrons. The maximum atomic E-state index is 13.1. The van der Waals surface area contributed by atoms with Crippen LogP contribution < -0.4 is 4.74 Å². The molecule has 1 heterocycles. The highest BCUT2D eigenvalue weighted by atomic mass is 19.4. The molecular formula is C14H7F6NO3. The Balaban J connectivity index is 2.57. The minimum Gasteiger partial charge on any atom is -0.478 e. The number of carboxylic acid groups (broad SMARTS) is 1. The van der Waals surface area contributed by atoms with Gasteiger partial charge in [-0.3, -0.25) is 4.98 Å². The lowest BCUT2D eigenvalue weighted by molar-refractivity contribution is -0.274. The lowest BCUT2D eigenvalue weighted by Gasteiger charge is -2.15.